The van der Waals surface area contributed by atoms with Gasteiger partial charge in [0.2, 0.25) is 17.7 Å². The maximum Gasteiger partial charge on any atom is 0.493 e. The highest BCUT2D eigenvalue weighted by Crippen LogP contribution is 2.54. The number of nitrogens with zero attached hydrogens (tertiary/aromatic N) is 1. The molecule has 15 nitrogen and oxygen atoms in total. The maximum absolute atomic E-state index is 14.9. The van der Waals surface area contributed by atoms with E-state index < -0.39 is 44.6 Å². The fraction of sp³-hybridized carbons (Fsp3) is 0.242. The summed E-state index contributed by atoms with van der Waals surface area (Å²) >= 11 is 0. The first-order valence-corrected chi connectivity index (χ1v) is 16.7. The van der Waals surface area contributed by atoms with E-state index in [-0.39, 0.29) is 47.2 Å². The fourth-order valence-electron chi connectivity index (χ4n) is 4.16. The Morgan fingerprint density at radius 1 is 0.865 bits per heavy atom. The summed E-state index contributed by atoms with van der Waals surface area (Å²) in [5.74, 6) is -3.76. The molecule has 0 aliphatic rings. The molecule has 3 amide bonds. The summed E-state index contributed by atoms with van der Waals surface area (Å²) in [5, 5.41) is 15.1. The third kappa shape index (κ3) is 12.9. The summed E-state index contributed by atoms with van der Waals surface area (Å²) < 4.78 is 71.6. The van der Waals surface area contributed by atoms with Gasteiger partial charge in [-0.3, -0.25) is 15.0 Å². The zero-order chi connectivity index (χ0) is 38.5. The van der Waals surface area contributed by atoms with Crippen LogP contribution in [0.2, 0.25) is 0 Å². The summed E-state index contributed by atoms with van der Waals surface area (Å²) in [6.07, 6.45) is -2.52. The summed E-state index contributed by atoms with van der Waals surface area (Å²) in [6.45, 7) is 1.94. The molecule has 3 aromatic rings. The average Bonchev–Trinajstić information content (AvgIpc) is 3.05. The van der Waals surface area contributed by atoms with Gasteiger partial charge in [-0.25, -0.2) is 14.2 Å². The van der Waals surface area contributed by atoms with Crippen molar-refractivity contribution < 1.29 is 55.5 Å². The zero-order valence-electron chi connectivity index (χ0n) is 27.7. The van der Waals surface area contributed by atoms with Gasteiger partial charge in [0.05, 0.1) is 6.54 Å². The SMILES string of the molecule is C#CCCCN(OC(=O)C(F)(F)F)C(=O)OC(Cc1ccc(NC(=N)N)cc1)P(=O)(Oc1ccc(NC(C)=O)cc1)Oc1ccc(NC(C)=O)cc1. The zero-order valence-corrected chi connectivity index (χ0v) is 28.6. The second kappa shape index (κ2) is 18.2. The van der Waals surface area contributed by atoms with Gasteiger partial charge in [-0.2, -0.15) is 13.2 Å². The molecule has 0 aromatic heterocycles. The van der Waals surface area contributed by atoms with Crippen LogP contribution >= 0.6 is 7.60 Å². The molecule has 0 aliphatic carbocycles. The number of rotatable bonds is 14. The quantitative estimate of drug-likeness (QED) is 0.0322. The minimum atomic E-state index is -5.49. The molecule has 3 aromatic carbocycles. The van der Waals surface area contributed by atoms with Crippen molar-refractivity contribution in [2.45, 2.75) is 45.1 Å². The smallest absolute Gasteiger partial charge is 0.428 e. The number of hydrogen-bond acceptors (Lipinski definition) is 10. The van der Waals surface area contributed by atoms with Crippen LogP contribution in [0, 0.1) is 17.8 Å². The summed E-state index contributed by atoms with van der Waals surface area (Å²) in [6, 6.07) is 16.9. The first-order chi connectivity index (χ1) is 24.5. The second-order valence-electron chi connectivity index (χ2n) is 10.7. The van der Waals surface area contributed by atoms with Crippen molar-refractivity contribution in [3.05, 3.63) is 78.4 Å². The number of carbonyl (C=O) groups is 4. The number of halogens is 3. The summed E-state index contributed by atoms with van der Waals surface area (Å²) in [4.78, 5) is 52.5. The third-order valence-corrected chi connectivity index (χ3v) is 8.28. The molecule has 52 heavy (non-hydrogen) atoms. The number of nitrogens with one attached hydrogen (secondary N) is 4. The molecule has 6 N–H and O–H groups in total. The van der Waals surface area contributed by atoms with E-state index in [0.29, 0.717) is 22.6 Å². The Kier molecular flexibility index (Phi) is 14.0. The predicted octanol–water partition coefficient (Wildman–Crippen LogP) is 6.00. The van der Waals surface area contributed by atoms with Gasteiger partial charge >= 0.3 is 25.8 Å². The Morgan fingerprint density at radius 3 is 1.75 bits per heavy atom. The molecule has 1 unspecified atom stereocenters. The molecule has 0 fully saturated rings. The van der Waals surface area contributed by atoms with Crippen LogP contribution in [0.4, 0.5) is 35.0 Å². The van der Waals surface area contributed by atoms with Crippen molar-refractivity contribution in [2.24, 2.45) is 5.73 Å². The van der Waals surface area contributed by atoms with E-state index in [4.69, 9.17) is 31.4 Å². The van der Waals surface area contributed by atoms with Crippen LogP contribution in [0.15, 0.2) is 72.8 Å². The Morgan fingerprint density at radius 2 is 1.33 bits per heavy atom. The summed E-state index contributed by atoms with van der Waals surface area (Å²) in [5.41, 5.74) is 6.79. The van der Waals surface area contributed by atoms with Crippen molar-refractivity contribution in [1.82, 2.24) is 5.06 Å². The number of terminal acetylenes is 1. The van der Waals surface area contributed by atoms with E-state index >= 15 is 0 Å². The van der Waals surface area contributed by atoms with Crippen molar-refractivity contribution >= 4 is 54.5 Å². The number of guanidine groups is 1. The van der Waals surface area contributed by atoms with E-state index in [2.05, 4.69) is 26.7 Å². The van der Waals surface area contributed by atoms with Gasteiger partial charge in [-0.1, -0.05) is 12.1 Å². The first-order valence-electron chi connectivity index (χ1n) is 15.1. The molecule has 3 rings (SSSR count). The van der Waals surface area contributed by atoms with Crippen LogP contribution in [-0.2, 0) is 34.9 Å². The van der Waals surface area contributed by atoms with Crippen molar-refractivity contribution in [3.63, 3.8) is 0 Å². The van der Waals surface area contributed by atoms with Crippen LogP contribution in [0.5, 0.6) is 11.5 Å². The molecule has 19 heteroatoms. The molecule has 0 saturated carbocycles. The molecule has 0 aliphatic heterocycles. The van der Waals surface area contributed by atoms with E-state index in [1.165, 1.54) is 86.6 Å². The van der Waals surface area contributed by atoms with Crippen LogP contribution < -0.4 is 30.7 Å². The number of ether oxygens (including phenoxy) is 1. The highest BCUT2D eigenvalue weighted by Gasteiger charge is 2.46. The highest BCUT2D eigenvalue weighted by atomic mass is 31.2. The van der Waals surface area contributed by atoms with Crippen LogP contribution in [0.25, 0.3) is 0 Å². The molecule has 0 spiro atoms. The minimum absolute atomic E-state index is 0.00513. The topological polar surface area (TPSA) is 211 Å². The van der Waals surface area contributed by atoms with Crippen molar-refractivity contribution in [2.75, 3.05) is 22.5 Å². The van der Waals surface area contributed by atoms with Crippen molar-refractivity contribution in [1.29, 1.82) is 5.41 Å². The van der Waals surface area contributed by atoms with Gasteiger partial charge < -0.3 is 40.3 Å². The van der Waals surface area contributed by atoms with Gasteiger partial charge in [0.25, 0.3) is 0 Å². The lowest BCUT2D eigenvalue weighted by Gasteiger charge is -2.29. The number of nitrogens with two attached hydrogens (primary N) is 1. The molecule has 276 valence electrons. The standard InChI is InChI=1S/C33H34F3N6O9P/c1-4-5-6-19-42(49-30(45)33(34,35)36)32(46)48-29(20-23-7-9-26(10-8-23)41-31(37)38)52(47,50-27-15-11-24(12-16-27)39-21(2)43)51-28-17-13-25(14-18-28)40-22(3)44/h1,7-18,29H,5-6,19-20H2,2-3H3,(H,39,43)(H,40,44)(H4,37,38,41). The van der Waals surface area contributed by atoms with E-state index in [0.717, 1.165) is 0 Å². The number of hydrogen-bond donors (Lipinski definition) is 5. The third-order valence-electron chi connectivity index (χ3n) is 6.36. The van der Waals surface area contributed by atoms with Gasteiger partial charge in [0, 0.05) is 43.8 Å². The Hall–Kier alpha value is -6.21. The monoisotopic (exact) mass is 746 g/mol. The van der Waals surface area contributed by atoms with E-state index in [1.54, 1.807) is 0 Å². The molecule has 1 atom stereocenters. The molecular formula is C33H34F3N6O9P. The average molecular weight is 747 g/mol. The molecule has 0 radical (unpaired) electrons. The molecule has 0 heterocycles. The Bertz CT molecular complexity index is 1770. The van der Waals surface area contributed by atoms with Gasteiger partial charge in [-0.15, -0.1) is 17.4 Å². The van der Waals surface area contributed by atoms with Gasteiger partial charge in [0.1, 0.15) is 11.5 Å². The lowest BCUT2D eigenvalue weighted by atomic mass is 10.1. The number of benzene rings is 3. The number of alkyl halides is 3. The lowest BCUT2D eigenvalue weighted by Crippen LogP contribution is -2.41. The van der Waals surface area contributed by atoms with Crippen molar-refractivity contribution in [3.8, 4) is 23.8 Å². The number of anilines is 3. The first kappa shape index (κ1) is 40.2. The minimum Gasteiger partial charge on any atom is -0.428 e. The lowest BCUT2D eigenvalue weighted by molar-refractivity contribution is -0.231. The Balaban J connectivity index is 2.11. The summed E-state index contributed by atoms with van der Waals surface area (Å²) in [7, 11) is -4.86. The maximum atomic E-state index is 14.9. The largest absolute Gasteiger partial charge is 0.493 e. The highest BCUT2D eigenvalue weighted by molar-refractivity contribution is 7.55. The van der Waals surface area contributed by atoms with E-state index in [1.807, 2.05) is 0 Å². The normalized spacial score (nSPS) is 11.5. The molecule has 0 saturated heterocycles. The predicted molar refractivity (Wildman–Crippen MR) is 183 cm³/mol. The Labute approximate surface area is 295 Å². The fourth-order valence-corrected chi connectivity index (χ4v) is 5.92. The molecule has 0 bridgehead atoms. The van der Waals surface area contributed by atoms with Crippen LogP contribution in [0.1, 0.15) is 32.3 Å². The van der Waals surface area contributed by atoms with E-state index in [9.17, 15) is 36.9 Å². The molecular weight excluding hydrogens is 712 g/mol. The number of amides is 3. The number of unbranched alkanes of at least 4 members (excludes halogenated alkanes) is 1. The van der Waals surface area contributed by atoms with Gasteiger partial charge in [-0.05, 0) is 72.6 Å². The number of hydroxylamine groups is 2. The van der Waals surface area contributed by atoms with Crippen LogP contribution in [0.3, 0.4) is 0 Å². The number of carbonyl (C=O) groups excluding carboxylic acids is 4. The second-order valence-corrected chi connectivity index (χ2v) is 12.7. The van der Waals surface area contributed by atoms with Gasteiger partial charge in [0.15, 0.2) is 5.96 Å². The van der Waals surface area contributed by atoms with Crippen LogP contribution in [-0.4, -0.2) is 53.5 Å².